The van der Waals surface area contributed by atoms with Gasteiger partial charge in [0, 0.05) is 12.6 Å². The highest BCUT2D eigenvalue weighted by atomic mass is 19.1. The molecule has 1 aromatic rings. The average molecular weight is 297 g/mol. The van der Waals surface area contributed by atoms with Crippen LogP contribution in [0.4, 0.5) is 8.78 Å². The van der Waals surface area contributed by atoms with Crippen molar-refractivity contribution in [2.45, 2.75) is 65.1 Å². The van der Waals surface area contributed by atoms with Crippen LogP contribution in [0.2, 0.25) is 0 Å². The second kappa shape index (κ2) is 7.21. The summed E-state index contributed by atoms with van der Waals surface area (Å²) in [5.41, 5.74) is 0.600. The molecule has 0 spiro atoms. The van der Waals surface area contributed by atoms with Crippen molar-refractivity contribution in [3.63, 3.8) is 0 Å². The van der Waals surface area contributed by atoms with Gasteiger partial charge in [-0.05, 0) is 42.9 Å². The number of rotatable bonds is 5. The molecule has 4 heteroatoms. The number of ether oxygens (including phenoxy) is 1. The maximum absolute atomic E-state index is 14.1. The predicted molar refractivity (Wildman–Crippen MR) is 80.4 cm³/mol. The zero-order chi connectivity index (χ0) is 15.4. The van der Waals surface area contributed by atoms with Gasteiger partial charge in [0.2, 0.25) is 0 Å². The Bertz CT molecular complexity index is 453. The Morgan fingerprint density at radius 2 is 1.90 bits per heavy atom. The van der Waals surface area contributed by atoms with E-state index >= 15 is 0 Å². The molecule has 1 N–H and O–H groups in total. The van der Waals surface area contributed by atoms with E-state index in [1.165, 1.54) is 18.6 Å². The molecule has 0 aromatic heterocycles. The maximum atomic E-state index is 14.1. The van der Waals surface area contributed by atoms with E-state index in [-0.39, 0.29) is 17.9 Å². The Hall–Kier alpha value is -1.16. The fourth-order valence-corrected chi connectivity index (χ4v) is 2.80. The smallest absolute Gasteiger partial charge is 0.191 e. The minimum absolute atomic E-state index is 0.0719. The Morgan fingerprint density at radius 1 is 1.24 bits per heavy atom. The zero-order valence-electron chi connectivity index (χ0n) is 13.1. The van der Waals surface area contributed by atoms with Gasteiger partial charge in [0.05, 0.1) is 6.10 Å². The Balaban J connectivity index is 2.06. The molecule has 2 atom stereocenters. The summed E-state index contributed by atoms with van der Waals surface area (Å²) in [4.78, 5) is 0. The Kier molecular flexibility index (Phi) is 5.57. The number of benzene rings is 1. The third-order valence-electron chi connectivity index (χ3n) is 3.95. The van der Waals surface area contributed by atoms with Crippen molar-refractivity contribution in [2.75, 3.05) is 0 Å². The van der Waals surface area contributed by atoms with Crippen LogP contribution < -0.4 is 10.1 Å². The molecule has 118 valence electrons. The summed E-state index contributed by atoms with van der Waals surface area (Å²) in [6, 6.07) is 3.00. The van der Waals surface area contributed by atoms with Gasteiger partial charge in [-0.2, -0.15) is 0 Å². The van der Waals surface area contributed by atoms with Gasteiger partial charge in [-0.1, -0.05) is 27.2 Å². The molecular formula is C17H25F2NO. The van der Waals surface area contributed by atoms with E-state index in [2.05, 4.69) is 12.2 Å². The highest BCUT2D eigenvalue weighted by Crippen LogP contribution is 2.30. The summed E-state index contributed by atoms with van der Waals surface area (Å²) < 4.78 is 33.8. The van der Waals surface area contributed by atoms with Crippen LogP contribution in [0.15, 0.2) is 12.1 Å². The van der Waals surface area contributed by atoms with Crippen molar-refractivity contribution < 1.29 is 13.5 Å². The molecule has 0 bridgehead atoms. The topological polar surface area (TPSA) is 21.3 Å². The van der Waals surface area contributed by atoms with Crippen molar-refractivity contribution in [2.24, 2.45) is 5.92 Å². The molecule has 2 nitrogen and oxygen atoms in total. The number of hydrogen-bond donors (Lipinski definition) is 1. The molecule has 2 unspecified atom stereocenters. The van der Waals surface area contributed by atoms with Crippen LogP contribution in [-0.2, 0) is 6.54 Å². The molecule has 0 heterocycles. The van der Waals surface area contributed by atoms with E-state index in [1.807, 2.05) is 13.8 Å². The Labute approximate surface area is 125 Å². The first-order chi connectivity index (χ1) is 9.95. The molecule has 0 aliphatic heterocycles. The van der Waals surface area contributed by atoms with Crippen molar-refractivity contribution in [1.82, 2.24) is 5.32 Å². The van der Waals surface area contributed by atoms with Gasteiger partial charge in [0.25, 0.3) is 0 Å². The van der Waals surface area contributed by atoms with E-state index in [9.17, 15) is 8.78 Å². The third-order valence-corrected chi connectivity index (χ3v) is 3.95. The van der Waals surface area contributed by atoms with Crippen LogP contribution in [0.5, 0.6) is 5.75 Å². The molecule has 1 aromatic carbocycles. The van der Waals surface area contributed by atoms with E-state index in [0.29, 0.717) is 18.0 Å². The number of nitrogens with one attached hydrogen (secondary N) is 1. The van der Waals surface area contributed by atoms with Crippen LogP contribution in [0, 0.1) is 17.6 Å². The minimum Gasteiger partial charge on any atom is -0.484 e. The highest BCUT2D eigenvalue weighted by Gasteiger charge is 2.23. The molecule has 2 rings (SSSR count). The lowest BCUT2D eigenvalue weighted by molar-refractivity contribution is 0.118. The van der Waals surface area contributed by atoms with Gasteiger partial charge >= 0.3 is 0 Å². The minimum atomic E-state index is -0.603. The monoisotopic (exact) mass is 297 g/mol. The molecule has 1 aliphatic rings. The first-order valence-electron chi connectivity index (χ1n) is 7.83. The van der Waals surface area contributed by atoms with Crippen molar-refractivity contribution in [3.05, 3.63) is 29.3 Å². The fourth-order valence-electron chi connectivity index (χ4n) is 2.80. The lowest BCUT2D eigenvalue weighted by Gasteiger charge is -2.27. The molecule has 1 fully saturated rings. The third kappa shape index (κ3) is 4.67. The average Bonchev–Trinajstić information content (AvgIpc) is 2.40. The lowest BCUT2D eigenvalue weighted by atomic mass is 9.89. The van der Waals surface area contributed by atoms with E-state index in [1.54, 1.807) is 0 Å². The second-order valence-electron chi connectivity index (χ2n) is 6.44. The van der Waals surface area contributed by atoms with Crippen molar-refractivity contribution in [1.29, 1.82) is 0 Å². The Morgan fingerprint density at radius 3 is 2.48 bits per heavy atom. The molecule has 0 saturated heterocycles. The van der Waals surface area contributed by atoms with Gasteiger partial charge in [-0.3, -0.25) is 0 Å². The van der Waals surface area contributed by atoms with Gasteiger partial charge in [0.15, 0.2) is 17.4 Å². The quantitative estimate of drug-likeness (QED) is 0.868. The van der Waals surface area contributed by atoms with Crippen LogP contribution in [0.1, 0.15) is 52.0 Å². The second-order valence-corrected chi connectivity index (χ2v) is 6.44. The summed E-state index contributed by atoms with van der Waals surface area (Å²) in [6.45, 7) is 6.60. The molecular weight excluding hydrogens is 272 g/mol. The molecule has 0 amide bonds. The van der Waals surface area contributed by atoms with Gasteiger partial charge < -0.3 is 10.1 Å². The fraction of sp³-hybridized carbons (Fsp3) is 0.647. The molecule has 21 heavy (non-hydrogen) atoms. The standard InChI is InChI=1S/C17H25F2NO/c1-11(2)20-10-13-8-15(18)17(16(19)9-13)21-14-6-4-5-12(3)7-14/h8-9,11-12,14,20H,4-7,10H2,1-3H3. The summed E-state index contributed by atoms with van der Waals surface area (Å²) in [6.07, 6.45) is 3.91. The highest BCUT2D eigenvalue weighted by molar-refractivity contribution is 5.31. The summed E-state index contributed by atoms with van der Waals surface area (Å²) >= 11 is 0. The maximum Gasteiger partial charge on any atom is 0.191 e. The van der Waals surface area contributed by atoms with Crippen LogP contribution >= 0.6 is 0 Å². The van der Waals surface area contributed by atoms with Crippen LogP contribution in [0.25, 0.3) is 0 Å². The first-order valence-corrected chi connectivity index (χ1v) is 7.83. The van der Waals surface area contributed by atoms with E-state index in [4.69, 9.17) is 4.74 Å². The van der Waals surface area contributed by atoms with Gasteiger partial charge in [0.1, 0.15) is 0 Å². The number of hydrogen-bond acceptors (Lipinski definition) is 2. The molecule has 1 aliphatic carbocycles. The SMILES string of the molecule is CC1CCCC(Oc2c(F)cc(CNC(C)C)cc2F)C1. The number of halogens is 2. The summed E-state index contributed by atoms with van der Waals surface area (Å²) in [5.74, 6) is -0.866. The van der Waals surface area contributed by atoms with Gasteiger partial charge in [-0.15, -0.1) is 0 Å². The van der Waals surface area contributed by atoms with Crippen molar-refractivity contribution >= 4 is 0 Å². The van der Waals surface area contributed by atoms with Crippen molar-refractivity contribution in [3.8, 4) is 5.75 Å². The van der Waals surface area contributed by atoms with Crippen LogP contribution in [0.3, 0.4) is 0 Å². The largest absolute Gasteiger partial charge is 0.484 e. The molecule has 1 saturated carbocycles. The first kappa shape index (κ1) is 16.2. The normalized spacial score (nSPS) is 22.6. The lowest BCUT2D eigenvalue weighted by Crippen LogP contribution is -2.25. The molecule has 0 radical (unpaired) electrons. The zero-order valence-corrected chi connectivity index (χ0v) is 13.1. The summed E-state index contributed by atoms with van der Waals surface area (Å²) in [5, 5.41) is 3.15. The van der Waals surface area contributed by atoms with E-state index in [0.717, 1.165) is 19.3 Å². The van der Waals surface area contributed by atoms with E-state index < -0.39 is 11.6 Å². The predicted octanol–water partition coefficient (Wildman–Crippen LogP) is 4.42. The van der Waals surface area contributed by atoms with Crippen LogP contribution in [-0.4, -0.2) is 12.1 Å². The summed E-state index contributed by atoms with van der Waals surface area (Å²) in [7, 11) is 0. The van der Waals surface area contributed by atoms with Gasteiger partial charge in [-0.25, -0.2) is 8.78 Å².